The zero-order valence-electron chi connectivity index (χ0n) is 22.2. The van der Waals surface area contributed by atoms with Crippen molar-refractivity contribution in [3.63, 3.8) is 0 Å². The van der Waals surface area contributed by atoms with E-state index in [0.717, 1.165) is 59.6 Å². The van der Waals surface area contributed by atoms with Crippen LogP contribution in [0.1, 0.15) is 21.5 Å². The molecule has 2 aliphatic heterocycles. The van der Waals surface area contributed by atoms with Crippen LogP contribution in [0.15, 0.2) is 91.1 Å². The first-order valence-electron chi connectivity index (χ1n) is 13.6. The number of aromatic nitrogens is 4. The van der Waals surface area contributed by atoms with Gasteiger partial charge in [0, 0.05) is 55.6 Å². The molecular weight excluding hydrogens is 512 g/mol. The minimum Gasteiger partial charge on any atom is -0.338 e. The fourth-order valence-corrected chi connectivity index (χ4v) is 5.46. The van der Waals surface area contributed by atoms with Crippen LogP contribution in [0.2, 0.25) is 0 Å². The summed E-state index contributed by atoms with van der Waals surface area (Å²) in [6.45, 7) is 3.76. The van der Waals surface area contributed by atoms with Crippen molar-refractivity contribution in [2.45, 2.75) is 6.54 Å². The van der Waals surface area contributed by atoms with Crippen molar-refractivity contribution in [3.05, 3.63) is 108 Å². The van der Waals surface area contributed by atoms with E-state index in [1.165, 1.54) is 5.56 Å². The van der Waals surface area contributed by atoms with Gasteiger partial charge in [-0.25, -0.2) is 4.98 Å². The van der Waals surface area contributed by atoms with Crippen LogP contribution < -0.4 is 5.32 Å². The Kier molecular flexibility index (Phi) is 6.22. The number of para-hydroxylation sites is 1. The second-order valence-electron chi connectivity index (χ2n) is 10.2. The molecule has 0 radical (unpaired) electrons. The van der Waals surface area contributed by atoms with E-state index in [0.29, 0.717) is 24.2 Å². The molecular formula is C32H26N8O. The molecule has 0 spiro atoms. The predicted molar refractivity (Wildman–Crippen MR) is 156 cm³/mol. The number of carbonyl (C=O) groups excluding carboxylic acids is 1. The molecule has 4 heterocycles. The van der Waals surface area contributed by atoms with Crippen LogP contribution in [-0.2, 0) is 6.54 Å². The molecule has 0 bridgehead atoms. The van der Waals surface area contributed by atoms with Crippen molar-refractivity contribution < 1.29 is 4.79 Å². The Morgan fingerprint density at radius 1 is 0.854 bits per heavy atom. The molecule has 1 N–H and O–H groups in total. The number of piperazine rings is 1. The topological polar surface area (TPSA) is 103 Å². The van der Waals surface area contributed by atoms with Gasteiger partial charge in [-0.2, -0.15) is 5.26 Å². The quantitative estimate of drug-likeness (QED) is 0.341. The molecule has 9 heteroatoms. The van der Waals surface area contributed by atoms with Crippen molar-refractivity contribution in [3.8, 4) is 34.5 Å². The average Bonchev–Trinajstić information content (AvgIpc) is 3.41. The highest BCUT2D eigenvalue weighted by Crippen LogP contribution is 2.39. The Morgan fingerprint density at radius 2 is 1.61 bits per heavy atom. The average molecular weight is 539 g/mol. The first kappa shape index (κ1) is 24.7. The molecule has 41 heavy (non-hydrogen) atoms. The van der Waals surface area contributed by atoms with E-state index >= 15 is 0 Å². The first-order valence-corrected chi connectivity index (χ1v) is 13.6. The van der Waals surface area contributed by atoms with E-state index in [-0.39, 0.29) is 5.91 Å². The predicted octanol–water partition coefficient (Wildman–Crippen LogP) is 4.88. The number of nitriles is 1. The van der Waals surface area contributed by atoms with Gasteiger partial charge in [0.1, 0.15) is 0 Å². The molecule has 2 aliphatic rings. The number of nitrogens with zero attached hydrogens (tertiary/aromatic N) is 7. The van der Waals surface area contributed by atoms with Crippen LogP contribution in [0.25, 0.3) is 28.5 Å². The first-order chi connectivity index (χ1) is 20.2. The third-order valence-corrected chi connectivity index (χ3v) is 7.65. The van der Waals surface area contributed by atoms with E-state index in [9.17, 15) is 4.79 Å². The van der Waals surface area contributed by atoms with Gasteiger partial charge in [-0.05, 0) is 54.1 Å². The molecule has 200 valence electrons. The van der Waals surface area contributed by atoms with Gasteiger partial charge < -0.3 is 10.2 Å². The summed E-state index contributed by atoms with van der Waals surface area (Å²) in [7, 11) is 0. The van der Waals surface area contributed by atoms with Gasteiger partial charge in [-0.3, -0.25) is 14.3 Å². The minimum absolute atomic E-state index is 0.0144. The molecule has 2 aromatic heterocycles. The van der Waals surface area contributed by atoms with Gasteiger partial charge in [0.25, 0.3) is 5.91 Å². The summed E-state index contributed by atoms with van der Waals surface area (Å²) in [6, 6.07) is 29.4. The maximum absolute atomic E-state index is 12.9. The van der Waals surface area contributed by atoms with Gasteiger partial charge in [0.05, 0.1) is 23.0 Å². The van der Waals surface area contributed by atoms with E-state index in [1.54, 1.807) is 30.5 Å². The number of hydrogen-bond donors (Lipinski definition) is 1. The maximum Gasteiger partial charge on any atom is 0.253 e. The third-order valence-electron chi connectivity index (χ3n) is 7.65. The Labute approximate surface area is 237 Å². The van der Waals surface area contributed by atoms with Crippen molar-refractivity contribution in [2.75, 3.05) is 31.5 Å². The standard InChI is InChI=1S/C32H26N8O/c33-20-22-7-13-25(14-8-22)32(41)39-18-16-38(17-19-39)21-23-9-11-24(12-10-23)30-36-37-31-26-4-1-2-5-27(26)35-29-28(40(30)31)6-3-15-34-29/h1-15H,16-19,21H2,(H,34,35). The lowest BCUT2D eigenvalue weighted by atomic mass is 10.1. The fourth-order valence-electron chi connectivity index (χ4n) is 5.46. The summed E-state index contributed by atoms with van der Waals surface area (Å²) in [5.41, 5.74) is 6.16. The number of benzene rings is 3. The maximum atomic E-state index is 12.9. The molecule has 7 rings (SSSR count). The van der Waals surface area contributed by atoms with E-state index in [4.69, 9.17) is 5.26 Å². The highest BCUT2D eigenvalue weighted by molar-refractivity contribution is 5.94. The summed E-state index contributed by atoms with van der Waals surface area (Å²) < 4.78 is 2.07. The summed E-state index contributed by atoms with van der Waals surface area (Å²) in [6.07, 6.45) is 1.78. The number of anilines is 2. The molecule has 0 unspecified atom stereocenters. The summed E-state index contributed by atoms with van der Waals surface area (Å²) in [4.78, 5) is 21.7. The Hall–Kier alpha value is -5.33. The monoisotopic (exact) mass is 538 g/mol. The van der Waals surface area contributed by atoms with Crippen molar-refractivity contribution in [2.24, 2.45) is 0 Å². The lowest BCUT2D eigenvalue weighted by molar-refractivity contribution is 0.0628. The SMILES string of the molecule is N#Cc1ccc(C(=O)N2CCN(Cc3ccc(-c4nnc5n4-c4cccnc4Nc4ccccc4-5)cc3)CC2)cc1. The number of rotatable bonds is 4. The summed E-state index contributed by atoms with van der Waals surface area (Å²) >= 11 is 0. The number of carbonyl (C=O) groups is 1. The Balaban J connectivity index is 1.07. The molecule has 1 amide bonds. The number of nitrogens with one attached hydrogen (secondary N) is 1. The van der Waals surface area contributed by atoms with Gasteiger partial charge in [-0.1, -0.05) is 36.4 Å². The molecule has 0 aliphatic carbocycles. The van der Waals surface area contributed by atoms with Gasteiger partial charge >= 0.3 is 0 Å². The van der Waals surface area contributed by atoms with Crippen LogP contribution in [0.5, 0.6) is 0 Å². The molecule has 0 saturated carbocycles. The minimum atomic E-state index is 0.0144. The smallest absolute Gasteiger partial charge is 0.253 e. The number of pyridine rings is 1. The zero-order chi connectivity index (χ0) is 27.8. The lowest BCUT2D eigenvalue weighted by Gasteiger charge is -2.34. The largest absolute Gasteiger partial charge is 0.338 e. The molecule has 9 nitrogen and oxygen atoms in total. The van der Waals surface area contributed by atoms with Crippen LogP contribution in [0, 0.1) is 11.3 Å². The highest BCUT2D eigenvalue weighted by atomic mass is 16.2. The number of hydrogen-bond acceptors (Lipinski definition) is 7. The van der Waals surface area contributed by atoms with Gasteiger partial charge in [-0.15, -0.1) is 10.2 Å². The third kappa shape index (κ3) is 4.60. The molecule has 1 saturated heterocycles. The summed E-state index contributed by atoms with van der Waals surface area (Å²) in [5, 5.41) is 21.6. The van der Waals surface area contributed by atoms with Crippen molar-refractivity contribution in [1.29, 1.82) is 5.26 Å². The van der Waals surface area contributed by atoms with Gasteiger partial charge in [0.2, 0.25) is 0 Å². The van der Waals surface area contributed by atoms with Gasteiger partial charge in [0.15, 0.2) is 17.5 Å². The van der Waals surface area contributed by atoms with Crippen LogP contribution in [0.4, 0.5) is 11.5 Å². The summed E-state index contributed by atoms with van der Waals surface area (Å²) in [5.74, 6) is 2.30. The molecule has 0 atom stereocenters. The zero-order valence-corrected chi connectivity index (χ0v) is 22.2. The van der Waals surface area contributed by atoms with E-state index in [2.05, 4.69) is 60.3 Å². The highest BCUT2D eigenvalue weighted by Gasteiger charge is 2.25. The second-order valence-corrected chi connectivity index (χ2v) is 10.2. The molecule has 5 aromatic rings. The van der Waals surface area contributed by atoms with Crippen molar-refractivity contribution in [1.82, 2.24) is 29.5 Å². The lowest BCUT2D eigenvalue weighted by Crippen LogP contribution is -2.48. The van der Waals surface area contributed by atoms with E-state index in [1.807, 2.05) is 41.3 Å². The van der Waals surface area contributed by atoms with Crippen LogP contribution >= 0.6 is 0 Å². The Bertz CT molecular complexity index is 1780. The number of fused-ring (bicyclic) bond motifs is 5. The molecule has 1 fully saturated rings. The number of amides is 1. The van der Waals surface area contributed by atoms with E-state index < -0.39 is 0 Å². The van der Waals surface area contributed by atoms with Crippen LogP contribution in [-0.4, -0.2) is 61.6 Å². The molecule has 3 aromatic carbocycles. The normalized spacial score (nSPS) is 14.2. The fraction of sp³-hybridized carbons (Fsp3) is 0.156. The van der Waals surface area contributed by atoms with Crippen molar-refractivity contribution >= 4 is 17.4 Å². The second kappa shape index (κ2) is 10.3. The van der Waals surface area contributed by atoms with Crippen LogP contribution in [0.3, 0.4) is 0 Å². The Morgan fingerprint density at radius 3 is 2.39 bits per heavy atom.